The molecule has 1 aliphatic heterocycles. The van der Waals surface area contributed by atoms with E-state index in [1.807, 2.05) is 29.6 Å². The molecular formula is C22H23N3O4S2. The van der Waals surface area contributed by atoms with E-state index in [9.17, 15) is 4.79 Å². The number of aromatic nitrogens is 1. The van der Waals surface area contributed by atoms with Crippen molar-refractivity contribution in [1.82, 2.24) is 9.29 Å². The van der Waals surface area contributed by atoms with Gasteiger partial charge in [0.2, 0.25) is 0 Å². The number of carbonyl (C=O) groups is 1. The SMILES string of the molecule is COc1ccccc1OCC(=O)Nc1nc(-c2ccc(SN3CCOCC3)cc2)cs1. The summed E-state index contributed by atoms with van der Waals surface area (Å²) in [6.45, 7) is 3.30. The number of rotatable bonds is 8. The summed E-state index contributed by atoms with van der Waals surface area (Å²) >= 11 is 3.13. The van der Waals surface area contributed by atoms with E-state index in [4.69, 9.17) is 14.2 Å². The first-order valence-electron chi connectivity index (χ1n) is 9.83. The monoisotopic (exact) mass is 457 g/mol. The Balaban J connectivity index is 1.30. The summed E-state index contributed by atoms with van der Waals surface area (Å²) in [4.78, 5) is 17.9. The van der Waals surface area contributed by atoms with Gasteiger partial charge in [-0.1, -0.05) is 24.3 Å². The van der Waals surface area contributed by atoms with Crippen LogP contribution in [0.2, 0.25) is 0 Å². The Hall–Kier alpha value is -2.59. The molecular weight excluding hydrogens is 434 g/mol. The molecule has 2 aromatic carbocycles. The third kappa shape index (κ3) is 5.98. The van der Waals surface area contributed by atoms with Crippen LogP contribution in [0.5, 0.6) is 11.5 Å². The van der Waals surface area contributed by atoms with Crippen LogP contribution >= 0.6 is 23.3 Å². The largest absolute Gasteiger partial charge is 0.493 e. The van der Waals surface area contributed by atoms with Gasteiger partial charge in [0, 0.05) is 28.9 Å². The molecule has 0 bridgehead atoms. The average molecular weight is 458 g/mol. The maximum Gasteiger partial charge on any atom is 0.264 e. The number of morpholine rings is 1. The summed E-state index contributed by atoms with van der Waals surface area (Å²) < 4.78 is 18.5. The van der Waals surface area contributed by atoms with Crippen LogP contribution in [0, 0.1) is 0 Å². The number of ether oxygens (including phenoxy) is 3. The molecule has 0 spiro atoms. The van der Waals surface area contributed by atoms with Crippen molar-refractivity contribution in [3.05, 3.63) is 53.9 Å². The quantitative estimate of drug-likeness (QED) is 0.509. The lowest BCUT2D eigenvalue weighted by Crippen LogP contribution is -2.30. The van der Waals surface area contributed by atoms with Gasteiger partial charge >= 0.3 is 0 Å². The zero-order valence-corrected chi connectivity index (χ0v) is 18.7. The van der Waals surface area contributed by atoms with Crippen LogP contribution in [0.15, 0.2) is 58.8 Å². The van der Waals surface area contributed by atoms with E-state index in [2.05, 4.69) is 26.7 Å². The predicted molar refractivity (Wildman–Crippen MR) is 123 cm³/mol. The summed E-state index contributed by atoms with van der Waals surface area (Å²) in [5.74, 6) is 0.834. The lowest BCUT2D eigenvalue weighted by molar-refractivity contribution is -0.118. The van der Waals surface area contributed by atoms with Crippen molar-refractivity contribution in [2.24, 2.45) is 0 Å². The molecule has 0 aliphatic carbocycles. The van der Waals surface area contributed by atoms with E-state index in [1.54, 1.807) is 31.2 Å². The highest BCUT2D eigenvalue weighted by Gasteiger charge is 2.13. The van der Waals surface area contributed by atoms with Crippen molar-refractivity contribution < 1.29 is 19.0 Å². The molecule has 0 radical (unpaired) electrons. The smallest absolute Gasteiger partial charge is 0.264 e. The van der Waals surface area contributed by atoms with E-state index in [0.29, 0.717) is 16.6 Å². The molecule has 9 heteroatoms. The second-order valence-electron chi connectivity index (χ2n) is 6.68. The maximum absolute atomic E-state index is 12.2. The molecule has 3 aromatic rings. The third-order valence-electron chi connectivity index (χ3n) is 4.53. The van der Waals surface area contributed by atoms with Gasteiger partial charge in [-0.2, -0.15) is 0 Å². The Morgan fingerprint density at radius 2 is 1.90 bits per heavy atom. The van der Waals surface area contributed by atoms with Crippen LogP contribution in [0.3, 0.4) is 0 Å². The van der Waals surface area contributed by atoms with Crippen LogP contribution < -0.4 is 14.8 Å². The summed E-state index contributed by atoms with van der Waals surface area (Å²) in [6.07, 6.45) is 0. The number of thiazole rings is 1. The van der Waals surface area contributed by atoms with E-state index in [-0.39, 0.29) is 12.5 Å². The van der Waals surface area contributed by atoms with Crippen molar-refractivity contribution in [2.45, 2.75) is 4.90 Å². The lowest BCUT2D eigenvalue weighted by atomic mass is 10.2. The van der Waals surface area contributed by atoms with Gasteiger partial charge in [0.05, 0.1) is 26.0 Å². The Kier molecular flexibility index (Phi) is 7.42. The Morgan fingerprint density at radius 3 is 2.65 bits per heavy atom. The van der Waals surface area contributed by atoms with Gasteiger partial charge in [-0.15, -0.1) is 11.3 Å². The number of nitrogens with zero attached hydrogens (tertiary/aromatic N) is 2. The number of benzene rings is 2. The molecule has 1 amide bonds. The summed E-state index contributed by atoms with van der Waals surface area (Å²) in [5, 5.41) is 5.25. The van der Waals surface area contributed by atoms with Crippen molar-refractivity contribution >= 4 is 34.3 Å². The van der Waals surface area contributed by atoms with E-state index < -0.39 is 0 Å². The fraction of sp³-hybridized carbons (Fsp3) is 0.273. The maximum atomic E-state index is 12.2. The molecule has 1 aromatic heterocycles. The fourth-order valence-corrected chi connectivity index (χ4v) is 4.60. The van der Waals surface area contributed by atoms with Gasteiger partial charge in [-0.05, 0) is 36.2 Å². The van der Waals surface area contributed by atoms with Crippen molar-refractivity contribution in [2.75, 3.05) is 45.3 Å². The average Bonchev–Trinajstić information content (AvgIpc) is 3.27. The lowest BCUT2D eigenvalue weighted by Gasteiger charge is -2.25. The van der Waals surface area contributed by atoms with Crippen molar-refractivity contribution in [1.29, 1.82) is 0 Å². The highest BCUT2D eigenvalue weighted by molar-refractivity contribution is 7.97. The van der Waals surface area contributed by atoms with Gasteiger partial charge in [-0.25, -0.2) is 9.29 Å². The van der Waals surface area contributed by atoms with Crippen molar-refractivity contribution in [3.63, 3.8) is 0 Å². The number of methoxy groups -OCH3 is 1. The van der Waals surface area contributed by atoms with Gasteiger partial charge in [0.1, 0.15) is 0 Å². The highest BCUT2D eigenvalue weighted by atomic mass is 32.2. The second-order valence-corrected chi connectivity index (χ2v) is 8.71. The minimum atomic E-state index is -0.274. The molecule has 0 atom stereocenters. The number of hydrogen-bond donors (Lipinski definition) is 1. The molecule has 2 heterocycles. The van der Waals surface area contributed by atoms with Crippen LogP contribution in [-0.4, -0.2) is 55.2 Å². The first-order chi connectivity index (χ1) is 15.2. The topological polar surface area (TPSA) is 72.9 Å². The van der Waals surface area contributed by atoms with Crippen molar-refractivity contribution in [3.8, 4) is 22.8 Å². The Morgan fingerprint density at radius 1 is 1.16 bits per heavy atom. The molecule has 4 rings (SSSR count). The molecule has 162 valence electrons. The number of para-hydroxylation sites is 2. The molecule has 7 nitrogen and oxygen atoms in total. The van der Waals surface area contributed by atoms with Crippen LogP contribution in [0.1, 0.15) is 0 Å². The number of anilines is 1. The standard InChI is InChI=1S/C22H23N3O4S2/c1-27-19-4-2-3-5-20(19)29-14-21(26)24-22-23-18(15-30-22)16-6-8-17(9-7-16)31-25-10-12-28-13-11-25/h2-9,15H,10-14H2,1H3,(H,23,24,26). The van der Waals surface area contributed by atoms with Gasteiger partial charge < -0.3 is 14.2 Å². The molecule has 1 saturated heterocycles. The third-order valence-corrected chi connectivity index (χ3v) is 6.40. The minimum Gasteiger partial charge on any atom is -0.493 e. The molecule has 0 saturated carbocycles. The molecule has 1 N–H and O–H groups in total. The number of carbonyl (C=O) groups excluding carboxylic acids is 1. The first kappa shape index (κ1) is 21.6. The molecule has 0 unspecified atom stereocenters. The summed E-state index contributed by atoms with van der Waals surface area (Å²) in [5.41, 5.74) is 1.84. The second kappa shape index (κ2) is 10.6. The van der Waals surface area contributed by atoms with Gasteiger partial charge in [-0.3, -0.25) is 10.1 Å². The number of nitrogens with one attached hydrogen (secondary N) is 1. The summed E-state index contributed by atoms with van der Waals surface area (Å²) in [6, 6.07) is 15.5. The van der Waals surface area contributed by atoms with Gasteiger partial charge in [0.25, 0.3) is 5.91 Å². The van der Waals surface area contributed by atoms with Crippen LogP contribution in [-0.2, 0) is 9.53 Å². The van der Waals surface area contributed by atoms with E-state index in [0.717, 1.165) is 37.6 Å². The molecule has 1 aliphatic rings. The van der Waals surface area contributed by atoms with E-state index in [1.165, 1.54) is 16.2 Å². The molecule has 1 fully saturated rings. The van der Waals surface area contributed by atoms with E-state index >= 15 is 0 Å². The highest BCUT2D eigenvalue weighted by Crippen LogP contribution is 2.29. The normalized spacial score (nSPS) is 14.2. The van der Waals surface area contributed by atoms with Gasteiger partial charge in [0.15, 0.2) is 23.2 Å². The summed E-state index contributed by atoms with van der Waals surface area (Å²) in [7, 11) is 1.56. The first-order valence-corrected chi connectivity index (χ1v) is 11.5. The predicted octanol–water partition coefficient (Wildman–Crippen LogP) is 4.18. The van der Waals surface area contributed by atoms with Crippen LogP contribution in [0.25, 0.3) is 11.3 Å². The Labute approximate surface area is 189 Å². The number of hydrogen-bond acceptors (Lipinski definition) is 8. The zero-order chi connectivity index (χ0) is 21.5. The minimum absolute atomic E-state index is 0.122. The van der Waals surface area contributed by atoms with Crippen LogP contribution in [0.4, 0.5) is 5.13 Å². The fourth-order valence-electron chi connectivity index (χ4n) is 2.97. The zero-order valence-electron chi connectivity index (χ0n) is 17.1. The Bertz CT molecular complexity index is 1000. The number of amides is 1. The molecule has 31 heavy (non-hydrogen) atoms.